The van der Waals surface area contributed by atoms with Crippen LogP contribution in [-0.2, 0) is 0 Å². The second-order valence-electron chi connectivity index (χ2n) is 7.70. The number of benzene rings is 2. The van der Waals surface area contributed by atoms with Crippen LogP contribution in [0.25, 0.3) is 21.0 Å². The smallest absolute Gasteiger partial charge is 0.335 e. The third-order valence-electron chi connectivity index (χ3n) is 5.10. The number of hydrogen-bond donors (Lipinski definition) is 2. The van der Waals surface area contributed by atoms with Gasteiger partial charge in [-0.1, -0.05) is 18.2 Å². The molecule has 2 aromatic carbocycles. The summed E-state index contributed by atoms with van der Waals surface area (Å²) in [7, 11) is 3.99. The topological polar surface area (TPSA) is 82.5 Å². The van der Waals surface area contributed by atoms with Gasteiger partial charge in [-0.3, -0.25) is 4.79 Å². The molecule has 0 fully saturated rings. The summed E-state index contributed by atoms with van der Waals surface area (Å²) in [5.41, 5.74) is 2.26. The number of thiophene rings is 1. The Morgan fingerprint density at radius 1 is 1.06 bits per heavy atom. The van der Waals surface area contributed by atoms with Gasteiger partial charge in [0, 0.05) is 33.1 Å². The Morgan fingerprint density at radius 2 is 1.90 bits per heavy atom. The third-order valence-corrected chi connectivity index (χ3v) is 6.05. The van der Waals surface area contributed by atoms with Crippen molar-refractivity contribution in [3.8, 4) is 0 Å². The molecule has 0 bridgehead atoms. The molecular formula is C24H23N3O3S. The standard InChI is InChI=1S/C24H23N3O3S/c1-27(2)11-4-7-21(28)15-5-3-6-17(13-15)25-23-19-10-12-31-22(19)18-9-8-16(24(29)30)14-20(18)26-23/h3,5-6,8-10,12-14H,4,7,11H2,1-2H3,(H,25,26)(H,29,30). The molecule has 0 saturated carbocycles. The molecule has 0 aliphatic carbocycles. The van der Waals surface area contributed by atoms with Crippen LogP contribution in [0.1, 0.15) is 33.6 Å². The number of carboxylic acid groups (broad SMARTS) is 1. The van der Waals surface area contributed by atoms with Gasteiger partial charge in [0.05, 0.1) is 11.1 Å². The predicted octanol–water partition coefficient (Wildman–Crippen LogP) is 5.42. The first kappa shape index (κ1) is 21.0. The SMILES string of the molecule is CN(C)CCCC(=O)c1cccc(Nc2nc3cc(C(=O)O)ccc3c3sccc23)c1. The van der Waals surface area contributed by atoms with Crippen molar-refractivity contribution in [2.75, 3.05) is 26.0 Å². The molecule has 0 aliphatic rings. The van der Waals surface area contributed by atoms with Crippen LogP contribution in [-0.4, -0.2) is 47.4 Å². The summed E-state index contributed by atoms with van der Waals surface area (Å²) in [4.78, 5) is 30.7. The lowest BCUT2D eigenvalue weighted by molar-refractivity contribution is 0.0696. The van der Waals surface area contributed by atoms with Crippen LogP contribution >= 0.6 is 11.3 Å². The maximum absolute atomic E-state index is 12.6. The van der Waals surface area contributed by atoms with E-state index in [-0.39, 0.29) is 11.3 Å². The van der Waals surface area contributed by atoms with Crippen LogP contribution in [0, 0.1) is 0 Å². The Balaban J connectivity index is 1.65. The Kier molecular flexibility index (Phi) is 5.97. The average molecular weight is 434 g/mol. The molecule has 7 heteroatoms. The summed E-state index contributed by atoms with van der Waals surface area (Å²) in [6.07, 6.45) is 1.32. The predicted molar refractivity (Wildman–Crippen MR) is 126 cm³/mol. The molecule has 2 heterocycles. The second kappa shape index (κ2) is 8.83. The van der Waals surface area contributed by atoms with Crippen molar-refractivity contribution in [1.29, 1.82) is 0 Å². The molecule has 4 rings (SSSR count). The van der Waals surface area contributed by atoms with Crippen molar-refractivity contribution in [2.45, 2.75) is 12.8 Å². The number of nitrogens with zero attached hydrogens (tertiary/aromatic N) is 2. The minimum Gasteiger partial charge on any atom is -0.478 e. The van der Waals surface area contributed by atoms with E-state index in [9.17, 15) is 14.7 Å². The average Bonchev–Trinajstić information content (AvgIpc) is 3.24. The first-order valence-corrected chi connectivity index (χ1v) is 10.9. The Bertz CT molecular complexity index is 1280. The van der Waals surface area contributed by atoms with Crippen LogP contribution in [0.4, 0.5) is 11.5 Å². The lowest BCUT2D eigenvalue weighted by Crippen LogP contribution is -2.14. The number of ketones is 1. The van der Waals surface area contributed by atoms with Crippen molar-refractivity contribution in [2.24, 2.45) is 0 Å². The van der Waals surface area contributed by atoms with Crippen LogP contribution < -0.4 is 5.32 Å². The molecule has 2 N–H and O–H groups in total. The molecule has 0 spiro atoms. The summed E-state index contributed by atoms with van der Waals surface area (Å²) < 4.78 is 1.04. The largest absolute Gasteiger partial charge is 0.478 e. The molecule has 2 aromatic heterocycles. The fourth-order valence-electron chi connectivity index (χ4n) is 3.54. The van der Waals surface area contributed by atoms with E-state index in [0.717, 1.165) is 34.1 Å². The summed E-state index contributed by atoms with van der Waals surface area (Å²) in [6.45, 7) is 0.874. The second-order valence-corrected chi connectivity index (χ2v) is 8.61. The van der Waals surface area contributed by atoms with Crippen molar-refractivity contribution in [3.63, 3.8) is 0 Å². The fourth-order valence-corrected chi connectivity index (χ4v) is 4.47. The van der Waals surface area contributed by atoms with E-state index in [0.29, 0.717) is 23.3 Å². The lowest BCUT2D eigenvalue weighted by atomic mass is 10.1. The molecule has 31 heavy (non-hydrogen) atoms. The molecule has 0 unspecified atom stereocenters. The van der Waals surface area contributed by atoms with E-state index in [1.54, 1.807) is 29.5 Å². The number of carboxylic acids is 1. The normalized spacial score (nSPS) is 11.3. The van der Waals surface area contributed by atoms with Crippen molar-refractivity contribution < 1.29 is 14.7 Å². The molecule has 0 amide bonds. The fraction of sp³-hybridized carbons (Fsp3) is 0.208. The van der Waals surface area contributed by atoms with Gasteiger partial charge in [0.25, 0.3) is 0 Å². The zero-order valence-electron chi connectivity index (χ0n) is 17.4. The number of carbonyl (C=O) groups excluding carboxylic acids is 1. The highest BCUT2D eigenvalue weighted by Gasteiger charge is 2.13. The number of Topliss-reactive ketones (excluding diaryl/α,β-unsaturated/α-hetero) is 1. The monoisotopic (exact) mass is 433 g/mol. The highest BCUT2D eigenvalue weighted by Crippen LogP contribution is 2.35. The molecule has 0 radical (unpaired) electrons. The minimum absolute atomic E-state index is 0.115. The number of carbonyl (C=O) groups is 2. The van der Waals surface area contributed by atoms with E-state index >= 15 is 0 Å². The number of rotatable bonds is 8. The van der Waals surface area contributed by atoms with Gasteiger partial charge >= 0.3 is 5.97 Å². The van der Waals surface area contributed by atoms with E-state index < -0.39 is 5.97 Å². The number of aromatic nitrogens is 1. The van der Waals surface area contributed by atoms with Gasteiger partial charge in [0.1, 0.15) is 5.82 Å². The number of aromatic carboxylic acids is 1. The maximum atomic E-state index is 12.6. The third kappa shape index (κ3) is 4.57. The highest BCUT2D eigenvalue weighted by atomic mass is 32.1. The Morgan fingerprint density at radius 3 is 2.68 bits per heavy atom. The van der Waals surface area contributed by atoms with Crippen molar-refractivity contribution >= 4 is 55.6 Å². The van der Waals surface area contributed by atoms with Gasteiger partial charge in [-0.2, -0.15) is 0 Å². The molecule has 6 nitrogen and oxygen atoms in total. The van der Waals surface area contributed by atoms with E-state index in [2.05, 4.69) is 10.2 Å². The summed E-state index contributed by atoms with van der Waals surface area (Å²) in [5, 5.41) is 16.5. The van der Waals surface area contributed by atoms with Crippen molar-refractivity contribution in [1.82, 2.24) is 9.88 Å². The number of nitrogens with one attached hydrogen (secondary N) is 1. The highest BCUT2D eigenvalue weighted by molar-refractivity contribution is 7.18. The van der Waals surface area contributed by atoms with Gasteiger partial charge in [0.2, 0.25) is 0 Å². The Hall–Kier alpha value is -3.29. The number of hydrogen-bond acceptors (Lipinski definition) is 6. The van der Waals surface area contributed by atoms with Crippen LogP contribution in [0.5, 0.6) is 0 Å². The Labute approximate surface area is 184 Å². The number of anilines is 2. The minimum atomic E-state index is -0.982. The van der Waals surface area contributed by atoms with Crippen LogP contribution in [0.3, 0.4) is 0 Å². The molecule has 158 valence electrons. The van der Waals surface area contributed by atoms with Gasteiger partial charge in [-0.25, -0.2) is 9.78 Å². The zero-order valence-corrected chi connectivity index (χ0v) is 18.2. The molecule has 0 aliphatic heterocycles. The van der Waals surface area contributed by atoms with E-state index in [1.807, 2.05) is 49.8 Å². The van der Waals surface area contributed by atoms with Crippen LogP contribution in [0.15, 0.2) is 53.9 Å². The maximum Gasteiger partial charge on any atom is 0.335 e. The van der Waals surface area contributed by atoms with Crippen LogP contribution in [0.2, 0.25) is 0 Å². The van der Waals surface area contributed by atoms with Crippen molar-refractivity contribution in [3.05, 3.63) is 65.0 Å². The first-order valence-electron chi connectivity index (χ1n) is 10.0. The molecular weight excluding hydrogens is 410 g/mol. The zero-order chi connectivity index (χ0) is 22.0. The van der Waals surface area contributed by atoms with E-state index in [4.69, 9.17) is 4.98 Å². The quantitative estimate of drug-likeness (QED) is 0.361. The summed E-state index contributed by atoms with van der Waals surface area (Å²) >= 11 is 1.59. The van der Waals surface area contributed by atoms with Gasteiger partial charge in [-0.15, -0.1) is 11.3 Å². The number of pyridine rings is 1. The van der Waals surface area contributed by atoms with Gasteiger partial charge in [-0.05, 0) is 62.8 Å². The first-order chi connectivity index (χ1) is 14.9. The van der Waals surface area contributed by atoms with E-state index in [1.165, 1.54) is 0 Å². The van der Waals surface area contributed by atoms with Gasteiger partial charge in [0.15, 0.2) is 5.78 Å². The lowest BCUT2D eigenvalue weighted by Gasteiger charge is -2.11. The molecule has 4 aromatic rings. The molecule has 0 saturated heterocycles. The summed E-state index contributed by atoms with van der Waals surface area (Å²) in [6, 6.07) is 14.4. The molecule has 0 atom stereocenters. The summed E-state index contributed by atoms with van der Waals surface area (Å²) in [5.74, 6) is -0.225. The number of fused-ring (bicyclic) bond motifs is 3. The van der Waals surface area contributed by atoms with Gasteiger partial charge < -0.3 is 15.3 Å².